The third kappa shape index (κ3) is 6.07. The van der Waals surface area contributed by atoms with E-state index in [1.807, 2.05) is 24.0 Å². The minimum absolute atomic E-state index is 0.0388. The van der Waals surface area contributed by atoms with Crippen LogP contribution in [0.2, 0.25) is 0 Å². The first-order valence-corrected chi connectivity index (χ1v) is 18.7. The molecular formula is C39H45F3N8O3. The highest BCUT2D eigenvalue weighted by Gasteiger charge is 2.47. The topological polar surface area (TPSA) is 114 Å². The van der Waals surface area contributed by atoms with Crippen molar-refractivity contribution in [3.05, 3.63) is 48.2 Å². The summed E-state index contributed by atoms with van der Waals surface area (Å²) < 4.78 is 48.2. The third-order valence-electron chi connectivity index (χ3n) is 12.3. The van der Waals surface area contributed by atoms with E-state index in [2.05, 4.69) is 44.5 Å². The Labute approximate surface area is 305 Å². The number of H-pyrrole nitrogens is 1. The van der Waals surface area contributed by atoms with Gasteiger partial charge in [-0.2, -0.15) is 23.3 Å². The summed E-state index contributed by atoms with van der Waals surface area (Å²) in [5.41, 5.74) is 4.49. The highest BCUT2D eigenvalue weighted by atomic mass is 19.4. The summed E-state index contributed by atoms with van der Waals surface area (Å²) in [4.78, 5) is 31.0. The van der Waals surface area contributed by atoms with Crippen LogP contribution in [0, 0.1) is 18.3 Å². The van der Waals surface area contributed by atoms with Crippen LogP contribution in [0.5, 0.6) is 5.75 Å². The van der Waals surface area contributed by atoms with Gasteiger partial charge in [0.1, 0.15) is 11.3 Å². The molecule has 2 atom stereocenters. The Morgan fingerprint density at radius 1 is 1.08 bits per heavy atom. The number of carbonyl (C=O) groups excluding carboxylic acids is 1. The molecule has 5 fully saturated rings. The van der Waals surface area contributed by atoms with E-state index in [-0.39, 0.29) is 41.1 Å². The van der Waals surface area contributed by atoms with Gasteiger partial charge in [-0.15, -0.1) is 0 Å². The number of aromatic amines is 1. The number of likely N-dealkylation sites (tertiary alicyclic amines) is 2. The normalized spacial score (nSPS) is 23.5. The van der Waals surface area contributed by atoms with Crippen LogP contribution in [-0.4, -0.2) is 118 Å². The Morgan fingerprint density at radius 3 is 2.49 bits per heavy atom. The van der Waals surface area contributed by atoms with Crippen molar-refractivity contribution in [2.75, 3.05) is 68.8 Å². The standard InChI is InChI=1S/C39H45F3N8O3/c1-4-31(52)50-19-38(20-50)9-11-47(12-10-38)36-27-13-26(24-6-7-24)33(32-22(2)5-8-29-28(32)14-43-46-29)35(53-21-39(40,41)42)34(27)44-37(45-36)49-16-25(17-49)48-15-23(3)30(51)18-48/h4-5,8,13-14,23-25,30,51H,1,6-7,9-12,15-21H2,2-3H3,(H,43,46)/t23-,30+/m1/s1. The number of ether oxygens (including phenoxy) is 1. The van der Waals surface area contributed by atoms with Gasteiger partial charge in [-0.3, -0.25) is 14.8 Å². The van der Waals surface area contributed by atoms with Crippen LogP contribution in [0.25, 0.3) is 32.9 Å². The van der Waals surface area contributed by atoms with Crippen molar-refractivity contribution < 1.29 is 27.8 Å². The number of benzene rings is 2. The van der Waals surface area contributed by atoms with E-state index in [9.17, 15) is 23.1 Å². The number of rotatable bonds is 8. The third-order valence-corrected chi connectivity index (χ3v) is 12.3. The summed E-state index contributed by atoms with van der Waals surface area (Å²) in [5, 5.41) is 19.2. The van der Waals surface area contributed by atoms with Crippen molar-refractivity contribution in [3.63, 3.8) is 0 Å². The molecule has 11 nitrogen and oxygen atoms in total. The number of aliphatic hydroxyl groups is 1. The number of hydrogen-bond donors (Lipinski definition) is 2. The SMILES string of the molecule is C=CC(=O)N1CC2(CCN(c3nc(N4CC(N5C[C@@H](C)[C@@H](O)C5)C4)nc4c(OCC(F)(F)F)c(-c5c(C)ccc6[nH]ncc56)c(C5CC5)cc34)CC2)C1. The highest BCUT2D eigenvalue weighted by molar-refractivity contribution is 6.06. The van der Waals surface area contributed by atoms with Gasteiger partial charge < -0.3 is 24.5 Å². The first-order chi connectivity index (χ1) is 25.4. The van der Waals surface area contributed by atoms with E-state index in [1.54, 1.807) is 6.20 Å². The Hall–Kier alpha value is -4.43. The lowest BCUT2D eigenvalue weighted by molar-refractivity contribution is -0.153. The van der Waals surface area contributed by atoms with Gasteiger partial charge in [-0.25, -0.2) is 4.98 Å². The Morgan fingerprint density at radius 2 is 1.83 bits per heavy atom. The second-order valence-electron chi connectivity index (χ2n) is 16.1. The van der Waals surface area contributed by atoms with Gasteiger partial charge in [0.15, 0.2) is 12.4 Å². The lowest BCUT2D eigenvalue weighted by Gasteiger charge is -2.54. The van der Waals surface area contributed by atoms with Gasteiger partial charge in [0, 0.05) is 80.2 Å². The van der Waals surface area contributed by atoms with Crippen molar-refractivity contribution in [2.24, 2.45) is 11.3 Å². The molecule has 0 unspecified atom stereocenters. The van der Waals surface area contributed by atoms with E-state index in [1.165, 1.54) is 6.08 Å². The first-order valence-electron chi connectivity index (χ1n) is 18.7. The van der Waals surface area contributed by atoms with Crippen molar-refractivity contribution in [2.45, 2.75) is 63.8 Å². The Bertz CT molecular complexity index is 2080. The lowest BCUT2D eigenvalue weighted by Crippen LogP contribution is -2.61. The van der Waals surface area contributed by atoms with Crippen LogP contribution in [-0.2, 0) is 4.79 Å². The summed E-state index contributed by atoms with van der Waals surface area (Å²) in [7, 11) is 0. The van der Waals surface area contributed by atoms with Gasteiger partial charge in [-0.05, 0) is 79.3 Å². The maximum absolute atomic E-state index is 14.1. The number of aliphatic hydroxyl groups excluding tert-OH is 1. The molecule has 1 amide bonds. The number of alkyl halides is 3. The molecule has 4 aliphatic heterocycles. The highest BCUT2D eigenvalue weighted by Crippen LogP contribution is 2.53. The molecule has 1 saturated carbocycles. The number of halogens is 3. The Balaban J connectivity index is 1.18. The van der Waals surface area contributed by atoms with Crippen LogP contribution in [0.15, 0.2) is 37.1 Å². The van der Waals surface area contributed by atoms with Gasteiger partial charge in [0.2, 0.25) is 11.9 Å². The Kier molecular flexibility index (Phi) is 8.15. The minimum atomic E-state index is -4.57. The number of carbonyl (C=O) groups is 1. The number of piperidine rings is 1. The zero-order valence-electron chi connectivity index (χ0n) is 30.1. The summed E-state index contributed by atoms with van der Waals surface area (Å²) in [6.45, 7) is 11.7. The quantitative estimate of drug-likeness (QED) is 0.230. The summed E-state index contributed by atoms with van der Waals surface area (Å²) in [6, 6.07) is 6.24. The van der Waals surface area contributed by atoms with Gasteiger partial charge in [0.25, 0.3) is 0 Å². The van der Waals surface area contributed by atoms with Crippen molar-refractivity contribution in [1.29, 1.82) is 0 Å². The van der Waals surface area contributed by atoms with E-state index in [0.717, 1.165) is 59.8 Å². The fourth-order valence-corrected chi connectivity index (χ4v) is 9.03. The van der Waals surface area contributed by atoms with Crippen LogP contribution in [0.1, 0.15) is 49.7 Å². The molecule has 1 spiro atoms. The molecule has 0 bridgehead atoms. The van der Waals surface area contributed by atoms with Crippen molar-refractivity contribution in [1.82, 2.24) is 30.0 Å². The zero-order valence-corrected chi connectivity index (χ0v) is 30.1. The summed E-state index contributed by atoms with van der Waals surface area (Å²) in [6.07, 6.45) is 1.75. The molecule has 4 aromatic rings. The number of nitrogens with one attached hydrogen (secondary N) is 1. The molecule has 5 aliphatic rings. The number of aromatic nitrogens is 4. The van der Waals surface area contributed by atoms with E-state index >= 15 is 0 Å². The van der Waals surface area contributed by atoms with Crippen molar-refractivity contribution in [3.8, 4) is 16.9 Å². The minimum Gasteiger partial charge on any atom is -0.481 e. The van der Waals surface area contributed by atoms with Gasteiger partial charge >= 0.3 is 6.18 Å². The summed E-state index contributed by atoms with van der Waals surface area (Å²) >= 11 is 0. The number of hydrogen-bond acceptors (Lipinski definition) is 9. The van der Waals surface area contributed by atoms with Crippen LogP contribution in [0.4, 0.5) is 24.9 Å². The van der Waals surface area contributed by atoms with Crippen LogP contribution in [0.3, 0.4) is 0 Å². The molecule has 9 rings (SSSR count). The molecule has 14 heteroatoms. The smallest absolute Gasteiger partial charge is 0.422 e. The van der Waals surface area contributed by atoms with E-state index < -0.39 is 12.8 Å². The molecular weight excluding hydrogens is 685 g/mol. The predicted octanol–water partition coefficient (Wildman–Crippen LogP) is 5.42. The number of fused-ring (bicyclic) bond motifs is 2. The molecule has 2 N–H and O–H groups in total. The average Bonchev–Trinajstić information content (AvgIpc) is 3.74. The average molecular weight is 731 g/mol. The molecule has 1 aliphatic carbocycles. The second kappa shape index (κ2) is 12.6. The van der Waals surface area contributed by atoms with Gasteiger partial charge in [0.05, 0.1) is 17.8 Å². The number of nitrogens with zero attached hydrogens (tertiary/aromatic N) is 7. The molecule has 2 aromatic heterocycles. The molecule has 4 saturated heterocycles. The van der Waals surface area contributed by atoms with Crippen LogP contribution < -0.4 is 14.5 Å². The number of aryl methyl sites for hydroxylation is 1. The first kappa shape index (κ1) is 34.3. The molecule has 2 aromatic carbocycles. The lowest BCUT2D eigenvalue weighted by atomic mass is 9.72. The largest absolute Gasteiger partial charge is 0.481 e. The maximum atomic E-state index is 14.1. The monoisotopic (exact) mass is 730 g/mol. The van der Waals surface area contributed by atoms with Crippen LogP contribution >= 0.6 is 0 Å². The fraction of sp³-hybridized carbons (Fsp3) is 0.538. The van der Waals surface area contributed by atoms with Gasteiger partial charge in [-0.1, -0.05) is 19.6 Å². The molecule has 53 heavy (non-hydrogen) atoms. The number of anilines is 2. The molecule has 0 radical (unpaired) electrons. The van der Waals surface area contributed by atoms with E-state index in [4.69, 9.17) is 14.7 Å². The number of amides is 1. The molecule has 6 heterocycles. The maximum Gasteiger partial charge on any atom is 0.422 e. The molecule has 280 valence electrons. The van der Waals surface area contributed by atoms with Crippen molar-refractivity contribution >= 4 is 39.5 Å². The summed E-state index contributed by atoms with van der Waals surface area (Å²) in [5.74, 6) is 1.61. The zero-order chi connectivity index (χ0) is 36.8. The fourth-order valence-electron chi connectivity index (χ4n) is 9.03. The second-order valence-corrected chi connectivity index (χ2v) is 16.1. The predicted molar refractivity (Wildman–Crippen MR) is 196 cm³/mol. The number of β-amino-alcohol motifs (C(OH)–C–C–N with tert-alkyl or cyclic N) is 1. The van der Waals surface area contributed by atoms with E-state index in [0.29, 0.717) is 74.0 Å².